The van der Waals surface area contributed by atoms with Gasteiger partial charge in [0.05, 0.1) is 32.7 Å². The van der Waals surface area contributed by atoms with Crippen LogP contribution in [0.5, 0.6) is 17.2 Å². The van der Waals surface area contributed by atoms with E-state index in [0.29, 0.717) is 28.5 Å². The summed E-state index contributed by atoms with van der Waals surface area (Å²) in [5, 5.41) is 4.11. The van der Waals surface area contributed by atoms with Crippen molar-refractivity contribution in [2.45, 2.75) is 6.92 Å². The monoisotopic (exact) mass is 336 g/mol. The fourth-order valence-electron chi connectivity index (χ4n) is 2.08. The number of hydrazone groups is 1. The second-order valence-corrected chi connectivity index (χ2v) is 4.85. The van der Waals surface area contributed by atoms with Crippen molar-refractivity contribution in [2.24, 2.45) is 5.10 Å². The Labute approximate surface area is 138 Å². The van der Waals surface area contributed by atoms with Gasteiger partial charge >= 0.3 is 0 Å². The summed E-state index contributed by atoms with van der Waals surface area (Å²) in [5.41, 5.74) is 3.90. The molecular weight excluding hydrogens is 318 g/mol. The summed E-state index contributed by atoms with van der Waals surface area (Å²) in [4.78, 5) is 0. The lowest BCUT2D eigenvalue weighted by Crippen LogP contribution is -2.03. The van der Waals surface area contributed by atoms with Gasteiger partial charge < -0.3 is 14.2 Å². The summed E-state index contributed by atoms with van der Waals surface area (Å²) in [6.45, 7) is 1.73. The Bertz CT molecular complexity index is 738. The molecule has 1 N–H and O–H groups in total. The number of nitrogens with one attached hydrogen (secondary N) is 1. The van der Waals surface area contributed by atoms with Crippen LogP contribution in [0.1, 0.15) is 12.5 Å². The van der Waals surface area contributed by atoms with Crippen LogP contribution in [0.3, 0.4) is 0 Å². The molecule has 0 fully saturated rings. The maximum absolute atomic E-state index is 13.6. The third kappa shape index (κ3) is 3.73. The van der Waals surface area contributed by atoms with E-state index in [4.69, 9.17) is 14.2 Å². The molecule has 0 aliphatic heterocycles. The van der Waals surface area contributed by atoms with Crippen molar-refractivity contribution < 1.29 is 23.0 Å². The molecule has 2 aromatic carbocycles. The zero-order valence-electron chi connectivity index (χ0n) is 13.8. The fourth-order valence-corrected chi connectivity index (χ4v) is 2.08. The minimum atomic E-state index is -0.726. The molecule has 5 nitrogen and oxygen atoms in total. The molecule has 0 aliphatic rings. The van der Waals surface area contributed by atoms with Crippen LogP contribution in [0.25, 0.3) is 0 Å². The van der Waals surface area contributed by atoms with Gasteiger partial charge in [-0.3, -0.25) is 5.43 Å². The lowest BCUT2D eigenvalue weighted by atomic mass is 10.1. The zero-order chi connectivity index (χ0) is 17.7. The van der Waals surface area contributed by atoms with Gasteiger partial charge in [0.25, 0.3) is 0 Å². The molecule has 0 bridgehead atoms. The standard InChI is InChI=1S/C17H18F2N2O3/c1-10(20-21-14-6-5-12(18)9-13(14)19)11-7-15(22-2)17(24-4)16(8-11)23-3/h5-9,21H,1-4H3/b20-10+. The third-order valence-corrected chi connectivity index (χ3v) is 3.36. The van der Waals surface area contributed by atoms with Crippen LogP contribution >= 0.6 is 0 Å². The summed E-state index contributed by atoms with van der Waals surface area (Å²) < 4.78 is 42.3. The van der Waals surface area contributed by atoms with Gasteiger partial charge in [-0.2, -0.15) is 5.10 Å². The van der Waals surface area contributed by atoms with Crippen molar-refractivity contribution in [3.63, 3.8) is 0 Å². The Kier molecular flexibility index (Phi) is 5.57. The number of nitrogens with zero attached hydrogens (tertiary/aromatic N) is 1. The number of benzene rings is 2. The second-order valence-electron chi connectivity index (χ2n) is 4.85. The first-order valence-corrected chi connectivity index (χ1v) is 7.06. The fraction of sp³-hybridized carbons (Fsp3) is 0.235. The van der Waals surface area contributed by atoms with Crippen LogP contribution in [0.15, 0.2) is 35.4 Å². The minimum Gasteiger partial charge on any atom is -0.493 e. The molecule has 0 heterocycles. The highest BCUT2D eigenvalue weighted by atomic mass is 19.1. The third-order valence-electron chi connectivity index (χ3n) is 3.36. The van der Waals surface area contributed by atoms with E-state index < -0.39 is 11.6 Å². The summed E-state index contributed by atoms with van der Waals surface area (Å²) in [6, 6.07) is 6.66. The maximum Gasteiger partial charge on any atom is 0.203 e. The van der Waals surface area contributed by atoms with Gasteiger partial charge in [-0.15, -0.1) is 0 Å². The number of hydrogen-bond donors (Lipinski definition) is 1. The van der Waals surface area contributed by atoms with E-state index in [9.17, 15) is 8.78 Å². The van der Waals surface area contributed by atoms with Crippen molar-refractivity contribution in [3.05, 3.63) is 47.5 Å². The lowest BCUT2D eigenvalue weighted by molar-refractivity contribution is 0.324. The summed E-state index contributed by atoms with van der Waals surface area (Å²) >= 11 is 0. The minimum absolute atomic E-state index is 0.0724. The molecule has 0 unspecified atom stereocenters. The van der Waals surface area contributed by atoms with Crippen molar-refractivity contribution in [1.82, 2.24) is 0 Å². The number of ether oxygens (including phenoxy) is 3. The summed E-state index contributed by atoms with van der Waals surface area (Å²) in [6.07, 6.45) is 0. The maximum atomic E-state index is 13.6. The van der Waals surface area contributed by atoms with E-state index in [0.717, 1.165) is 12.1 Å². The SMILES string of the molecule is COc1cc(/C(C)=N/Nc2ccc(F)cc2F)cc(OC)c1OC. The highest BCUT2D eigenvalue weighted by molar-refractivity contribution is 6.00. The van der Waals surface area contributed by atoms with Gasteiger partial charge in [0.15, 0.2) is 17.3 Å². The van der Waals surface area contributed by atoms with Crippen LogP contribution < -0.4 is 19.6 Å². The molecule has 0 saturated heterocycles. The Morgan fingerprint density at radius 2 is 1.58 bits per heavy atom. The molecule has 0 aliphatic carbocycles. The molecule has 0 aromatic heterocycles. The van der Waals surface area contributed by atoms with Gasteiger partial charge in [0, 0.05) is 11.6 Å². The predicted octanol–water partition coefficient (Wildman–Crippen LogP) is 3.83. The van der Waals surface area contributed by atoms with Gasteiger partial charge in [-0.25, -0.2) is 8.78 Å². The Balaban J connectivity index is 2.32. The van der Waals surface area contributed by atoms with Gasteiger partial charge in [0.1, 0.15) is 5.82 Å². The largest absolute Gasteiger partial charge is 0.493 e. The average Bonchev–Trinajstić information content (AvgIpc) is 2.59. The highest BCUT2D eigenvalue weighted by Gasteiger charge is 2.14. The zero-order valence-corrected chi connectivity index (χ0v) is 13.8. The smallest absolute Gasteiger partial charge is 0.203 e. The molecule has 0 saturated carbocycles. The normalized spacial score (nSPS) is 11.2. The van der Waals surface area contributed by atoms with E-state index >= 15 is 0 Å². The topological polar surface area (TPSA) is 52.1 Å². The van der Waals surface area contributed by atoms with E-state index in [1.165, 1.54) is 27.4 Å². The van der Waals surface area contributed by atoms with Gasteiger partial charge in [-0.05, 0) is 31.2 Å². The Hall–Kier alpha value is -2.83. The molecule has 0 amide bonds. The highest BCUT2D eigenvalue weighted by Crippen LogP contribution is 2.38. The Morgan fingerprint density at radius 1 is 0.958 bits per heavy atom. The lowest BCUT2D eigenvalue weighted by Gasteiger charge is -2.14. The van der Waals surface area contributed by atoms with Crippen LogP contribution in [-0.4, -0.2) is 27.0 Å². The predicted molar refractivity (Wildman–Crippen MR) is 88.3 cm³/mol. The number of anilines is 1. The van der Waals surface area contributed by atoms with Crippen LogP contribution in [0.2, 0.25) is 0 Å². The van der Waals surface area contributed by atoms with E-state index in [1.807, 2.05) is 0 Å². The van der Waals surface area contributed by atoms with E-state index in [2.05, 4.69) is 10.5 Å². The van der Waals surface area contributed by atoms with Crippen molar-refractivity contribution in [1.29, 1.82) is 0 Å². The quantitative estimate of drug-likeness (QED) is 0.643. The molecule has 24 heavy (non-hydrogen) atoms. The molecular formula is C17H18F2N2O3. The number of methoxy groups -OCH3 is 3. The summed E-state index contributed by atoms with van der Waals surface area (Å²) in [5.74, 6) is 0.0534. The van der Waals surface area contributed by atoms with Crippen LogP contribution in [0.4, 0.5) is 14.5 Å². The number of halogens is 2. The number of rotatable bonds is 6. The molecule has 7 heteroatoms. The molecule has 128 valence electrons. The van der Waals surface area contributed by atoms with Crippen molar-refractivity contribution in [2.75, 3.05) is 26.8 Å². The van der Waals surface area contributed by atoms with Crippen LogP contribution in [0, 0.1) is 11.6 Å². The first kappa shape index (κ1) is 17.5. The molecule has 0 radical (unpaired) electrons. The molecule has 0 spiro atoms. The van der Waals surface area contributed by atoms with Gasteiger partial charge in [0.2, 0.25) is 5.75 Å². The van der Waals surface area contributed by atoms with E-state index in [-0.39, 0.29) is 5.69 Å². The van der Waals surface area contributed by atoms with Crippen LogP contribution in [-0.2, 0) is 0 Å². The van der Waals surface area contributed by atoms with Gasteiger partial charge in [-0.1, -0.05) is 0 Å². The van der Waals surface area contributed by atoms with Crippen molar-refractivity contribution >= 4 is 11.4 Å². The first-order valence-electron chi connectivity index (χ1n) is 7.06. The van der Waals surface area contributed by atoms with Crippen molar-refractivity contribution in [3.8, 4) is 17.2 Å². The summed E-state index contributed by atoms with van der Waals surface area (Å²) in [7, 11) is 4.54. The first-order chi connectivity index (χ1) is 11.5. The molecule has 2 rings (SSSR count). The average molecular weight is 336 g/mol. The second kappa shape index (κ2) is 7.63. The molecule has 2 aromatic rings. The number of hydrogen-bond acceptors (Lipinski definition) is 5. The van der Waals surface area contributed by atoms with E-state index in [1.54, 1.807) is 19.1 Å². The Morgan fingerprint density at radius 3 is 2.08 bits per heavy atom. The molecule has 0 atom stereocenters.